The smallest absolute Gasteiger partial charge is 0.227 e. The fraction of sp³-hybridized carbons (Fsp3) is 0.350. The zero-order chi connectivity index (χ0) is 16.9. The number of rotatable bonds is 6. The summed E-state index contributed by atoms with van der Waals surface area (Å²) in [4.78, 5) is 14.0. The second kappa shape index (κ2) is 7.58. The fourth-order valence-corrected chi connectivity index (χ4v) is 3.28. The van der Waals surface area contributed by atoms with Crippen molar-refractivity contribution in [3.63, 3.8) is 0 Å². The Labute approximate surface area is 141 Å². The molecule has 0 saturated carbocycles. The van der Waals surface area contributed by atoms with Gasteiger partial charge >= 0.3 is 0 Å². The predicted molar refractivity (Wildman–Crippen MR) is 92.1 cm³/mol. The predicted octanol–water partition coefficient (Wildman–Crippen LogP) is 4.08. The van der Waals surface area contributed by atoms with Crippen LogP contribution in [0, 0.1) is 11.7 Å². The molecule has 126 valence electrons. The van der Waals surface area contributed by atoms with Gasteiger partial charge in [0.05, 0.1) is 6.10 Å². The molecule has 4 heteroatoms. The van der Waals surface area contributed by atoms with E-state index >= 15 is 0 Å². The highest BCUT2D eigenvalue weighted by atomic mass is 19.1. The minimum absolute atomic E-state index is 0.172. The van der Waals surface area contributed by atoms with Gasteiger partial charge in [0.1, 0.15) is 5.82 Å². The summed E-state index contributed by atoms with van der Waals surface area (Å²) in [6.45, 7) is 0.746. The number of halogens is 1. The molecule has 1 fully saturated rings. The van der Waals surface area contributed by atoms with E-state index in [-0.39, 0.29) is 11.7 Å². The van der Waals surface area contributed by atoms with Crippen molar-refractivity contribution in [1.29, 1.82) is 0 Å². The van der Waals surface area contributed by atoms with Crippen molar-refractivity contribution in [2.45, 2.75) is 31.8 Å². The molecule has 1 heterocycles. The number of carbonyl (C=O) groups excluding carboxylic acids is 1. The number of nitrogens with zero attached hydrogens (tertiary/aromatic N) is 1. The SMILES string of the molecule is O=C1C[C@H](CCC[C@@H](O)c2ccc(F)cc2)CN1c1ccccc1. The summed E-state index contributed by atoms with van der Waals surface area (Å²) in [6, 6.07) is 15.7. The van der Waals surface area contributed by atoms with Gasteiger partial charge in [0.15, 0.2) is 0 Å². The molecule has 2 aromatic rings. The molecule has 1 aliphatic rings. The quantitative estimate of drug-likeness (QED) is 0.868. The zero-order valence-electron chi connectivity index (χ0n) is 13.6. The van der Waals surface area contributed by atoms with Gasteiger partial charge in [-0.1, -0.05) is 36.8 Å². The number of aliphatic hydroxyl groups excluding tert-OH is 1. The molecule has 0 aliphatic carbocycles. The fourth-order valence-electron chi connectivity index (χ4n) is 3.28. The standard InChI is InChI=1S/C20H22FNO2/c21-17-11-9-16(10-12-17)19(23)8-4-5-15-13-20(24)22(14-15)18-6-2-1-3-7-18/h1-3,6-7,9-12,15,19,23H,4-5,8,13-14H2/t15-,19+/m0/s1. The second-order valence-corrected chi connectivity index (χ2v) is 6.41. The molecule has 2 aromatic carbocycles. The number of hydrogen-bond donors (Lipinski definition) is 1. The molecule has 0 bridgehead atoms. The van der Waals surface area contributed by atoms with Crippen molar-refractivity contribution in [1.82, 2.24) is 0 Å². The average molecular weight is 327 g/mol. The van der Waals surface area contributed by atoms with Crippen LogP contribution >= 0.6 is 0 Å². The summed E-state index contributed by atoms with van der Waals surface area (Å²) < 4.78 is 12.9. The molecule has 1 aliphatic heterocycles. The number of carbonyl (C=O) groups is 1. The van der Waals surface area contributed by atoms with Crippen LogP contribution in [0.25, 0.3) is 0 Å². The van der Waals surface area contributed by atoms with Gasteiger partial charge in [-0.05, 0) is 48.6 Å². The molecule has 0 unspecified atom stereocenters. The Morgan fingerprint density at radius 1 is 1.12 bits per heavy atom. The van der Waals surface area contributed by atoms with E-state index in [4.69, 9.17) is 0 Å². The molecule has 3 rings (SSSR count). The number of benzene rings is 2. The highest BCUT2D eigenvalue weighted by Crippen LogP contribution is 2.29. The van der Waals surface area contributed by atoms with E-state index in [1.54, 1.807) is 12.1 Å². The van der Waals surface area contributed by atoms with Crippen LogP contribution in [0.3, 0.4) is 0 Å². The van der Waals surface area contributed by atoms with Gasteiger partial charge in [-0.15, -0.1) is 0 Å². The molecule has 0 spiro atoms. The summed E-state index contributed by atoms with van der Waals surface area (Å²) in [5.41, 5.74) is 1.70. The maximum Gasteiger partial charge on any atom is 0.227 e. The normalized spacial score (nSPS) is 18.8. The lowest BCUT2D eigenvalue weighted by atomic mass is 9.97. The van der Waals surface area contributed by atoms with Gasteiger partial charge < -0.3 is 10.0 Å². The third-order valence-corrected chi connectivity index (χ3v) is 4.62. The summed E-state index contributed by atoms with van der Waals surface area (Å²) in [7, 11) is 0. The first-order valence-electron chi connectivity index (χ1n) is 8.42. The second-order valence-electron chi connectivity index (χ2n) is 6.41. The number of anilines is 1. The summed E-state index contributed by atoms with van der Waals surface area (Å²) >= 11 is 0. The lowest BCUT2D eigenvalue weighted by Crippen LogP contribution is -2.24. The Balaban J connectivity index is 1.47. The third kappa shape index (κ3) is 4.01. The third-order valence-electron chi connectivity index (χ3n) is 4.62. The van der Waals surface area contributed by atoms with Crippen molar-refractivity contribution < 1.29 is 14.3 Å². The number of para-hydroxylation sites is 1. The van der Waals surface area contributed by atoms with E-state index in [1.165, 1.54) is 12.1 Å². The van der Waals surface area contributed by atoms with Crippen molar-refractivity contribution in [3.05, 3.63) is 66.0 Å². The van der Waals surface area contributed by atoms with E-state index in [9.17, 15) is 14.3 Å². The summed E-state index contributed by atoms with van der Waals surface area (Å²) in [5, 5.41) is 10.2. The molecule has 1 N–H and O–H groups in total. The molecule has 3 nitrogen and oxygen atoms in total. The lowest BCUT2D eigenvalue weighted by molar-refractivity contribution is -0.117. The van der Waals surface area contributed by atoms with Crippen LogP contribution in [0.2, 0.25) is 0 Å². The maximum atomic E-state index is 12.9. The van der Waals surface area contributed by atoms with E-state index in [1.807, 2.05) is 35.2 Å². The minimum atomic E-state index is -0.576. The molecule has 0 radical (unpaired) electrons. The largest absolute Gasteiger partial charge is 0.388 e. The number of hydrogen-bond acceptors (Lipinski definition) is 2. The van der Waals surface area contributed by atoms with E-state index in [2.05, 4.69) is 0 Å². The zero-order valence-corrected chi connectivity index (χ0v) is 13.6. The van der Waals surface area contributed by atoms with Gasteiger partial charge in [0.25, 0.3) is 0 Å². The molecule has 1 amide bonds. The Bertz CT molecular complexity index is 672. The molecular weight excluding hydrogens is 305 g/mol. The minimum Gasteiger partial charge on any atom is -0.388 e. The summed E-state index contributed by atoms with van der Waals surface area (Å²) in [6.07, 6.45) is 2.38. The van der Waals surface area contributed by atoms with Crippen LogP contribution in [-0.4, -0.2) is 17.6 Å². The Morgan fingerprint density at radius 3 is 2.54 bits per heavy atom. The molecule has 1 saturated heterocycles. The maximum absolute atomic E-state index is 12.9. The van der Waals surface area contributed by atoms with E-state index < -0.39 is 6.10 Å². The monoisotopic (exact) mass is 327 g/mol. The molecule has 0 aromatic heterocycles. The molecule has 24 heavy (non-hydrogen) atoms. The molecule has 2 atom stereocenters. The Morgan fingerprint density at radius 2 is 1.83 bits per heavy atom. The Hall–Kier alpha value is -2.20. The first kappa shape index (κ1) is 16.7. The van der Waals surface area contributed by atoms with Crippen LogP contribution in [0.4, 0.5) is 10.1 Å². The first-order chi connectivity index (χ1) is 11.6. The highest BCUT2D eigenvalue weighted by molar-refractivity contribution is 5.95. The number of aliphatic hydroxyl groups is 1. The van der Waals surface area contributed by atoms with Crippen molar-refractivity contribution in [2.75, 3.05) is 11.4 Å². The first-order valence-corrected chi connectivity index (χ1v) is 8.42. The van der Waals surface area contributed by atoms with Crippen LogP contribution in [0.1, 0.15) is 37.4 Å². The van der Waals surface area contributed by atoms with E-state index in [0.29, 0.717) is 18.8 Å². The van der Waals surface area contributed by atoms with E-state index in [0.717, 1.165) is 30.6 Å². The van der Waals surface area contributed by atoms with Gasteiger partial charge in [0, 0.05) is 18.7 Å². The van der Waals surface area contributed by atoms with Crippen LogP contribution in [0.15, 0.2) is 54.6 Å². The van der Waals surface area contributed by atoms with Crippen LogP contribution < -0.4 is 4.90 Å². The average Bonchev–Trinajstić information content (AvgIpc) is 2.97. The lowest BCUT2D eigenvalue weighted by Gasteiger charge is -2.17. The van der Waals surface area contributed by atoms with Gasteiger partial charge in [-0.3, -0.25) is 4.79 Å². The van der Waals surface area contributed by atoms with Gasteiger partial charge in [-0.2, -0.15) is 0 Å². The Kier molecular flexibility index (Phi) is 5.26. The summed E-state index contributed by atoms with van der Waals surface area (Å²) in [5.74, 6) is 0.208. The van der Waals surface area contributed by atoms with Gasteiger partial charge in [0.2, 0.25) is 5.91 Å². The van der Waals surface area contributed by atoms with Crippen molar-refractivity contribution in [2.24, 2.45) is 5.92 Å². The van der Waals surface area contributed by atoms with Crippen LogP contribution in [0.5, 0.6) is 0 Å². The number of amides is 1. The van der Waals surface area contributed by atoms with Gasteiger partial charge in [-0.25, -0.2) is 4.39 Å². The van der Waals surface area contributed by atoms with Crippen LogP contribution in [-0.2, 0) is 4.79 Å². The topological polar surface area (TPSA) is 40.5 Å². The molecular formula is C20H22FNO2. The highest BCUT2D eigenvalue weighted by Gasteiger charge is 2.30. The van der Waals surface area contributed by atoms with Crippen molar-refractivity contribution in [3.8, 4) is 0 Å². The van der Waals surface area contributed by atoms with Crippen molar-refractivity contribution >= 4 is 11.6 Å².